The van der Waals surface area contributed by atoms with Gasteiger partial charge in [0.05, 0.1) is 11.0 Å². The number of alkyl halides is 1. The number of hydrogen-bond acceptors (Lipinski definition) is 6. The summed E-state index contributed by atoms with van der Waals surface area (Å²) in [7, 11) is 0. The molecule has 1 amide bonds. The van der Waals surface area contributed by atoms with E-state index in [1.54, 1.807) is 30.3 Å². The number of aromatic nitrogens is 4. The summed E-state index contributed by atoms with van der Waals surface area (Å²) in [5, 5.41) is 0. The highest BCUT2D eigenvalue weighted by atomic mass is 19.1. The number of rotatable bonds is 5. The lowest BCUT2D eigenvalue weighted by atomic mass is 9.90. The summed E-state index contributed by atoms with van der Waals surface area (Å²) in [6.07, 6.45) is 4.97. The summed E-state index contributed by atoms with van der Waals surface area (Å²) in [6.45, 7) is 4.25. The number of benzene rings is 1. The first-order valence-corrected chi connectivity index (χ1v) is 13.8. The van der Waals surface area contributed by atoms with Gasteiger partial charge in [-0.05, 0) is 61.2 Å². The molecule has 4 aromatic rings. The lowest BCUT2D eigenvalue weighted by Crippen LogP contribution is -2.53. The molecule has 5 heterocycles. The van der Waals surface area contributed by atoms with Gasteiger partial charge in [-0.2, -0.15) is 0 Å². The molecule has 6 rings (SSSR count). The minimum atomic E-state index is -1.86. The number of piperidine rings is 2. The number of fused-ring (bicyclic) bond motifs is 1. The molecule has 0 spiro atoms. The van der Waals surface area contributed by atoms with Gasteiger partial charge in [0.25, 0.3) is 5.91 Å². The van der Waals surface area contributed by atoms with Gasteiger partial charge < -0.3 is 15.2 Å². The van der Waals surface area contributed by atoms with Gasteiger partial charge in [-0.1, -0.05) is 6.07 Å². The molecule has 0 unspecified atom stereocenters. The van der Waals surface area contributed by atoms with Crippen molar-refractivity contribution in [3.63, 3.8) is 0 Å². The first-order chi connectivity index (χ1) is 19.3. The molecular weight excluding hydrogens is 512 g/mol. The molecule has 2 N–H and O–H groups in total. The highest BCUT2D eigenvalue weighted by molar-refractivity contribution is 5.85. The van der Waals surface area contributed by atoms with Crippen LogP contribution in [0.5, 0.6) is 0 Å². The third kappa shape index (κ3) is 5.03. The van der Waals surface area contributed by atoms with Gasteiger partial charge in [-0.25, -0.2) is 18.7 Å². The van der Waals surface area contributed by atoms with Crippen molar-refractivity contribution >= 4 is 22.8 Å². The van der Waals surface area contributed by atoms with Crippen molar-refractivity contribution in [2.45, 2.75) is 50.9 Å². The zero-order valence-electron chi connectivity index (χ0n) is 22.6. The van der Waals surface area contributed by atoms with Crippen LogP contribution in [-0.2, 0) is 11.3 Å². The Morgan fingerprint density at radius 2 is 1.82 bits per heavy atom. The van der Waals surface area contributed by atoms with E-state index >= 15 is 4.39 Å². The average Bonchev–Trinajstić information content (AvgIpc) is 3.33. The van der Waals surface area contributed by atoms with Crippen LogP contribution in [0.25, 0.3) is 22.6 Å². The molecule has 0 radical (unpaired) electrons. The van der Waals surface area contributed by atoms with Crippen LogP contribution in [-0.4, -0.2) is 67.1 Å². The summed E-state index contributed by atoms with van der Waals surface area (Å²) < 4.78 is 32.6. The fraction of sp³-hybridized carbons (Fsp3) is 0.400. The third-order valence-corrected chi connectivity index (χ3v) is 8.26. The van der Waals surface area contributed by atoms with E-state index in [4.69, 9.17) is 10.7 Å². The van der Waals surface area contributed by atoms with Gasteiger partial charge in [-0.3, -0.25) is 14.7 Å². The predicted molar refractivity (Wildman–Crippen MR) is 150 cm³/mol. The molecule has 2 saturated heterocycles. The molecule has 0 atom stereocenters. The van der Waals surface area contributed by atoms with E-state index in [0.717, 1.165) is 5.56 Å². The van der Waals surface area contributed by atoms with Crippen LogP contribution in [0.15, 0.2) is 54.9 Å². The van der Waals surface area contributed by atoms with Crippen molar-refractivity contribution in [3.8, 4) is 11.5 Å². The molecule has 2 aliphatic heterocycles. The average molecular weight is 546 g/mol. The van der Waals surface area contributed by atoms with Crippen LogP contribution in [0.1, 0.15) is 42.9 Å². The zero-order valence-corrected chi connectivity index (χ0v) is 22.6. The Bertz CT molecular complexity index is 1520. The number of likely N-dealkylation sites (tertiary alicyclic amines) is 2. The number of nitrogen functional groups attached to an aromatic ring is 1. The lowest BCUT2D eigenvalue weighted by molar-refractivity contribution is -0.148. The Balaban J connectivity index is 1.15. The smallest absolute Gasteiger partial charge is 0.260 e. The number of halogens is 2. The van der Waals surface area contributed by atoms with Crippen molar-refractivity contribution in [2.75, 3.05) is 31.9 Å². The highest BCUT2D eigenvalue weighted by Crippen LogP contribution is 2.36. The maximum atomic E-state index is 16.0. The second-order valence-electron chi connectivity index (χ2n) is 11.0. The van der Waals surface area contributed by atoms with Crippen LogP contribution in [0.2, 0.25) is 0 Å². The number of imidazole rings is 1. The zero-order chi connectivity index (χ0) is 27.9. The summed E-state index contributed by atoms with van der Waals surface area (Å²) in [4.78, 5) is 30.5. The maximum Gasteiger partial charge on any atom is 0.260 e. The molecule has 0 aliphatic carbocycles. The highest BCUT2D eigenvalue weighted by Gasteiger charge is 2.45. The number of anilines is 1. The van der Waals surface area contributed by atoms with Crippen molar-refractivity contribution in [1.82, 2.24) is 29.3 Å². The van der Waals surface area contributed by atoms with Crippen LogP contribution in [0, 0.1) is 12.7 Å². The fourth-order valence-corrected chi connectivity index (χ4v) is 6.01. The molecule has 8 nitrogen and oxygen atoms in total. The Morgan fingerprint density at radius 1 is 1.05 bits per heavy atom. The molecule has 2 fully saturated rings. The Morgan fingerprint density at radius 3 is 2.52 bits per heavy atom. The van der Waals surface area contributed by atoms with Crippen LogP contribution >= 0.6 is 0 Å². The number of carbonyl (C=O) groups is 1. The third-order valence-electron chi connectivity index (χ3n) is 8.26. The van der Waals surface area contributed by atoms with E-state index in [1.165, 1.54) is 6.07 Å². The van der Waals surface area contributed by atoms with Gasteiger partial charge in [0, 0.05) is 70.1 Å². The number of pyridine rings is 2. The number of aryl methyl sites for hydroxylation is 1. The Labute approximate surface area is 231 Å². The molecule has 10 heteroatoms. The second kappa shape index (κ2) is 10.6. The molecule has 0 saturated carbocycles. The van der Waals surface area contributed by atoms with Crippen molar-refractivity contribution in [1.29, 1.82) is 0 Å². The van der Waals surface area contributed by atoms with Gasteiger partial charge in [0.2, 0.25) is 0 Å². The van der Waals surface area contributed by atoms with E-state index in [2.05, 4.69) is 19.4 Å². The van der Waals surface area contributed by atoms with Crippen molar-refractivity contribution in [2.24, 2.45) is 0 Å². The molecule has 40 heavy (non-hydrogen) atoms. The second-order valence-corrected chi connectivity index (χ2v) is 11.0. The SMILES string of the molecule is Cc1cc2nc(-c3ccccn3)n(C3CCN(C(=O)C4(F)CCN(Cc5ccnc(N)c5)CC4)CC3)c2cc1F. The molecule has 0 bridgehead atoms. The quantitative estimate of drug-likeness (QED) is 0.391. The topological polar surface area (TPSA) is 93.2 Å². The van der Waals surface area contributed by atoms with Crippen LogP contribution in [0.3, 0.4) is 0 Å². The lowest BCUT2D eigenvalue weighted by Gasteiger charge is -2.40. The Hall–Kier alpha value is -3.92. The van der Waals surface area contributed by atoms with E-state index in [-0.39, 0.29) is 24.7 Å². The summed E-state index contributed by atoms with van der Waals surface area (Å²) >= 11 is 0. The number of amides is 1. The summed E-state index contributed by atoms with van der Waals surface area (Å²) in [6, 6.07) is 12.6. The van der Waals surface area contributed by atoms with Crippen LogP contribution < -0.4 is 5.73 Å². The fourth-order valence-electron chi connectivity index (χ4n) is 6.01. The normalized spacial score (nSPS) is 18.3. The molecule has 1 aromatic carbocycles. The largest absolute Gasteiger partial charge is 0.384 e. The maximum absolute atomic E-state index is 16.0. The molecule has 2 aliphatic rings. The predicted octanol–water partition coefficient (Wildman–Crippen LogP) is 4.69. The number of nitrogens with zero attached hydrogens (tertiary/aromatic N) is 6. The Kier molecular flexibility index (Phi) is 6.95. The number of carbonyl (C=O) groups excluding carboxylic acids is 1. The van der Waals surface area contributed by atoms with Gasteiger partial charge >= 0.3 is 0 Å². The number of nitrogens with two attached hydrogens (primary N) is 1. The molecule has 3 aromatic heterocycles. The van der Waals surface area contributed by atoms with Gasteiger partial charge in [0.15, 0.2) is 11.5 Å². The van der Waals surface area contributed by atoms with E-state index in [1.807, 2.05) is 30.3 Å². The summed E-state index contributed by atoms with van der Waals surface area (Å²) in [5.74, 6) is 0.437. The van der Waals surface area contributed by atoms with Crippen molar-refractivity contribution in [3.05, 3.63) is 71.8 Å². The van der Waals surface area contributed by atoms with Gasteiger partial charge in [-0.15, -0.1) is 0 Å². The molecular formula is C30H33F2N7O. The first kappa shape index (κ1) is 26.3. The van der Waals surface area contributed by atoms with E-state index in [9.17, 15) is 9.18 Å². The summed E-state index contributed by atoms with van der Waals surface area (Å²) in [5.41, 5.74) is 7.61. The van der Waals surface area contributed by atoms with E-state index < -0.39 is 11.6 Å². The van der Waals surface area contributed by atoms with Gasteiger partial charge in [0.1, 0.15) is 17.3 Å². The minimum Gasteiger partial charge on any atom is -0.384 e. The number of hydrogen-bond donors (Lipinski definition) is 1. The monoisotopic (exact) mass is 545 g/mol. The minimum absolute atomic E-state index is 0.0154. The standard InChI is InChI=1S/C30H33F2N7O/c1-20-16-25-26(18-23(20)31)39(28(36-25)24-4-2-3-10-34-24)22-6-12-38(13-7-22)29(40)30(32)8-14-37(15-9-30)19-21-5-11-35-27(33)17-21/h2-5,10-11,16-18,22H,6-9,12-15,19H2,1H3,(H2,33,35). The first-order valence-electron chi connectivity index (χ1n) is 13.8. The van der Waals surface area contributed by atoms with Crippen LogP contribution in [0.4, 0.5) is 14.6 Å². The molecule has 208 valence electrons. The van der Waals surface area contributed by atoms with Crippen molar-refractivity contribution < 1.29 is 13.6 Å². The van der Waals surface area contributed by atoms with E-state index in [0.29, 0.717) is 79.5 Å².